The zero-order valence-corrected chi connectivity index (χ0v) is 16.7. The van der Waals surface area contributed by atoms with Crippen LogP contribution in [0.2, 0.25) is 0 Å². The largest absolute Gasteiger partial charge is 0.756 e. The Morgan fingerprint density at radius 2 is 2.23 bits per heavy atom. The molecule has 3 N–H and O–H groups in total. The molecule has 0 aliphatic carbocycles. The molecule has 10 nitrogen and oxygen atoms in total. The number of hydrogen-bond donors (Lipinski definition) is 2. The number of terminal acetylenes is 1. The molecule has 1 unspecified atom stereocenters. The van der Waals surface area contributed by atoms with Crippen molar-refractivity contribution in [3.8, 4) is 29.5 Å². The van der Waals surface area contributed by atoms with Crippen molar-refractivity contribution in [2.45, 2.75) is 19.6 Å². The molecule has 30 heavy (non-hydrogen) atoms. The molecule has 0 saturated heterocycles. The van der Waals surface area contributed by atoms with E-state index in [1.54, 1.807) is 30.5 Å². The Morgan fingerprint density at radius 3 is 2.93 bits per heavy atom. The second-order valence-electron chi connectivity index (χ2n) is 6.17. The van der Waals surface area contributed by atoms with Crippen molar-refractivity contribution in [3.63, 3.8) is 0 Å². The van der Waals surface area contributed by atoms with E-state index in [4.69, 9.17) is 26.3 Å². The highest BCUT2D eigenvalue weighted by molar-refractivity contribution is 7.44. The van der Waals surface area contributed by atoms with Gasteiger partial charge < -0.3 is 19.0 Å². The first-order valence-electron chi connectivity index (χ1n) is 8.79. The third-order valence-corrected chi connectivity index (χ3v) is 4.42. The van der Waals surface area contributed by atoms with E-state index in [0.29, 0.717) is 42.3 Å². The molecule has 3 aromatic rings. The van der Waals surface area contributed by atoms with Crippen LogP contribution in [0.4, 0.5) is 5.82 Å². The molecule has 3 aromatic heterocycles. The number of nitrogens with zero attached hydrogens (tertiary/aromatic N) is 3. The predicted octanol–water partition coefficient (Wildman–Crippen LogP) is 1.03. The number of phosphoric acid groups is 1. The third-order valence-electron chi connectivity index (χ3n) is 3.98. The Hall–Kier alpha value is -3.22. The quantitative estimate of drug-likeness (QED) is 0.220. The monoisotopic (exact) mass is 430 g/mol. The minimum Gasteiger partial charge on any atom is -0.756 e. The third kappa shape index (κ3) is 5.89. The second-order valence-corrected chi connectivity index (χ2v) is 7.37. The minimum absolute atomic E-state index is 0.184. The molecular formula is C19H19N4O6P. The highest BCUT2D eigenvalue weighted by atomic mass is 31.2. The Balaban J connectivity index is 1.69. The number of hydrogen-bond acceptors (Lipinski definition) is 8. The molecular weight excluding hydrogens is 411 g/mol. The maximum absolute atomic E-state index is 10.8. The van der Waals surface area contributed by atoms with Crippen LogP contribution in [0.1, 0.15) is 17.7 Å². The summed E-state index contributed by atoms with van der Waals surface area (Å²) in [6.45, 7) is -0.0664. The average Bonchev–Trinajstić information content (AvgIpc) is 3.16. The number of nitrogen functional groups attached to an aromatic ring is 1. The summed E-state index contributed by atoms with van der Waals surface area (Å²) in [6, 6.07) is 8.66. The predicted molar refractivity (Wildman–Crippen MR) is 103 cm³/mol. The van der Waals surface area contributed by atoms with Gasteiger partial charge in [-0.15, -0.1) is 12.3 Å². The van der Waals surface area contributed by atoms with Gasteiger partial charge in [0.05, 0.1) is 11.9 Å². The van der Waals surface area contributed by atoms with Crippen molar-refractivity contribution in [2.75, 3.05) is 12.3 Å². The molecule has 0 aromatic carbocycles. The molecule has 0 saturated carbocycles. The molecule has 156 valence electrons. The zero-order valence-electron chi connectivity index (χ0n) is 15.8. The summed E-state index contributed by atoms with van der Waals surface area (Å²) in [4.78, 5) is 23.8. The number of nitrogens with two attached hydrogens (primary N) is 1. The smallest absolute Gasteiger partial charge is 0.285 e. The number of phosphoric ester groups is 1. The van der Waals surface area contributed by atoms with Gasteiger partial charge in [-0.3, -0.25) is 14.8 Å². The van der Waals surface area contributed by atoms with E-state index in [1.807, 2.05) is 6.07 Å². The Kier molecular flexibility index (Phi) is 6.82. The molecule has 0 bridgehead atoms. The first-order chi connectivity index (χ1) is 14.4. The van der Waals surface area contributed by atoms with E-state index in [2.05, 4.69) is 20.6 Å². The van der Waals surface area contributed by atoms with E-state index < -0.39 is 14.6 Å². The first kappa shape index (κ1) is 21.5. The van der Waals surface area contributed by atoms with Crippen LogP contribution in [0.3, 0.4) is 0 Å². The highest BCUT2D eigenvalue weighted by Gasteiger charge is 2.18. The zero-order chi connectivity index (χ0) is 21.6. The molecule has 0 aliphatic rings. The van der Waals surface area contributed by atoms with Gasteiger partial charge in [-0.2, -0.15) is 0 Å². The van der Waals surface area contributed by atoms with Gasteiger partial charge in [0.1, 0.15) is 12.2 Å². The summed E-state index contributed by atoms with van der Waals surface area (Å²) >= 11 is 0. The van der Waals surface area contributed by atoms with E-state index >= 15 is 0 Å². The Bertz CT molecular complexity index is 1090. The summed E-state index contributed by atoms with van der Waals surface area (Å²) in [5.74, 6) is 3.56. The average molecular weight is 430 g/mol. The lowest BCUT2D eigenvalue weighted by Crippen LogP contribution is -2.38. The van der Waals surface area contributed by atoms with Crippen molar-refractivity contribution in [1.82, 2.24) is 10.1 Å². The molecule has 11 heteroatoms. The lowest BCUT2D eigenvalue weighted by atomic mass is 10.1. The first-order valence-corrected chi connectivity index (χ1v) is 10.3. The van der Waals surface area contributed by atoms with Crippen molar-refractivity contribution >= 4 is 13.6 Å². The molecule has 0 amide bonds. The molecule has 0 radical (unpaired) electrons. The Labute approximate surface area is 172 Å². The maximum atomic E-state index is 10.8. The summed E-state index contributed by atoms with van der Waals surface area (Å²) < 4.78 is 27.3. The lowest BCUT2D eigenvalue weighted by molar-refractivity contribution is -0.712. The van der Waals surface area contributed by atoms with Crippen molar-refractivity contribution in [3.05, 3.63) is 54.0 Å². The standard InChI is InChI=1S/C19H19N4O6P/c1-2-3-9-27-18-7-6-14(12-21-18)10-15-11-17(29-22-15)16-5-4-8-23(19(16)20)13-28-30(24,25)26/h1,4-8,11-12,20H,3,9-10,13H2,(H2,24,25,26). The molecule has 0 aliphatic heterocycles. The molecule has 1 atom stereocenters. The summed E-state index contributed by atoms with van der Waals surface area (Å²) in [6.07, 6.45) is 9.35. The summed E-state index contributed by atoms with van der Waals surface area (Å²) in [5, 5.41) is 4.04. The second kappa shape index (κ2) is 9.52. The van der Waals surface area contributed by atoms with Crippen molar-refractivity contribution in [1.29, 1.82) is 0 Å². The Morgan fingerprint density at radius 1 is 1.40 bits per heavy atom. The van der Waals surface area contributed by atoms with Gasteiger partial charge >= 0.3 is 0 Å². The van der Waals surface area contributed by atoms with Crippen LogP contribution in [0, 0.1) is 12.3 Å². The maximum Gasteiger partial charge on any atom is 0.285 e. The lowest BCUT2D eigenvalue weighted by Gasteiger charge is -2.14. The van der Waals surface area contributed by atoms with Gasteiger partial charge in [0.15, 0.2) is 12.5 Å². The SMILES string of the molecule is C#CCCOc1ccc(Cc2cc(-c3ccc[n+](COP(=O)([O-])O)c3N)on2)cn1. The fourth-order valence-corrected chi connectivity index (χ4v) is 2.84. The number of anilines is 1. The molecule has 0 spiro atoms. The van der Waals surface area contributed by atoms with Crippen LogP contribution in [0.25, 0.3) is 11.3 Å². The summed E-state index contributed by atoms with van der Waals surface area (Å²) in [7, 11) is -4.87. The van der Waals surface area contributed by atoms with E-state index in [1.165, 1.54) is 10.8 Å². The van der Waals surface area contributed by atoms with Crippen LogP contribution >= 0.6 is 7.82 Å². The number of pyridine rings is 2. The van der Waals surface area contributed by atoms with E-state index in [9.17, 15) is 9.46 Å². The number of aromatic nitrogens is 3. The normalized spacial score (nSPS) is 12.8. The molecule has 0 fully saturated rings. The van der Waals surface area contributed by atoms with Gasteiger partial charge in [-0.05, 0) is 17.7 Å². The van der Waals surface area contributed by atoms with E-state index in [-0.39, 0.29) is 5.82 Å². The number of ether oxygens (including phenoxy) is 1. The number of rotatable bonds is 9. The molecule has 3 rings (SSSR count). The minimum atomic E-state index is -4.87. The van der Waals surface area contributed by atoms with Gasteiger partial charge in [0.2, 0.25) is 5.88 Å². The fourth-order valence-electron chi connectivity index (χ4n) is 2.57. The summed E-state index contributed by atoms with van der Waals surface area (Å²) in [5.41, 5.74) is 8.11. The topological polar surface area (TPSA) is 148 Å². The van der Waals surface area contributed by atoms with E-state index in [0.717, 1.165) is 5.56 Å². The van der Waals surface area contributed by atoms with Crippen LogP contribution in [0.15, 0.2) is 47.2 Å². The van der Waals surface area contributed by atoms with Gasteiger partial charge in [0.25, 0.3) is 13.6 Å². The van der Waals surface area contributed by atoms with Crippen molar-refractivity contribution in [2.24, 2.45) is 0 Å². The van der Waals surface area contributed by atoms with Crippen LogP contribution in [-0.2, 0) is 22.2 Å². The van der Waals surface area contributed by atoms with Gasteiger partial charge in [-0.1, -0.05) is 11.2 Å². The van der Waals surface area contributed by atoms with Crippen LogP contribution in [0.5, 0.6) is 5.88 Å². The van der Waals surface area contributed by atoms with Gasteiger partial charge in [0, 0.05) is 31.2 Å². The molecule has 3 heterocycles. The van der Waals surface area contributed by atoms with Crippen LogP contribution < -0.4 is 19.9 Å². The fraction of sp³-hybridized carbons (Fsp3) is 0.211. The van der Waals surface area contributed by atoms with Crippen molar-refractivity contribution < 1.29 is 32.7 Å². The van der Waals surface area contributed by atoms with Gasteiger partial charge in [-0.25, -0.2) is 9.55 Å². The van der Waals surface area contributed by atoms with Crippen LogP contribution in [-0.4, -0.2) is 21.6 Å². The highest BCUT2D eigenvalue weighted by Crippen LogP contribution is 2.30.